The summed E-state index contributed by atoms with van der Waals surface area (Å²) in [4.78, 5) is 11.3. The summed E-state index contributed by atoms with van der Waals surface area (Å²) >= 11 is 0. The van der Waals surface area contributed by atoms with Gasteiger partial charge in [-0.2, -0.15) is 5.10 Å². The van der Waals surface area contributed by atoms with Crippen LogP contribution in [0.5, 0.6) is 0 Å². The molecule has 4 nitrogen and oxygen atoms in total. The molecule has 0 fully saturated rings. The van der Waals surface area contributed by atoms with Crippen molar-refractivity contribution in [3.05, 3.63) is 65.7 Å². The second-order valence-corrected chi connectivity index (χ2v) is 5.29. The van der Waals surface area contributed by atoms with Gasteiger partial charge in [0.1, 0.15) is 0 Å². The average Bonchev–Trinajstić information content (AvgIpc) is 2.98. The van der Waals surface area contributed by atoms with Crippen LogP contribution in [-0.4, -0.2) is 16.0 Å². The Balaban J connectivity index is 1.78. The topological polar surface area (TPSA) is 57.8 Å². The predicted octanol–water partition coefficient (Wildman–Crippen LogP) is 4.33. The summed E-state index contributed by atoms with van der Waals surface area (Å²) in [5.41, 5.74) is 4.83. The second-order valence-electron chi connectivity index (χ2n) is 5.29. The van der Waals surface area contributed by atoms with Gasteiger partial charge in [0.15, 0.2) is 11.6 Å². The predicted molar refractivity (Wildman–Crippen MR) is 88.5 cm³/mol. The van der Waals surface area contributed by atoms with Gasteiger partial charge in [-0.15, -0.1) is 0 Å². The standard InChI is InChI=1S/C18H17N3O/c1-12-3-9-16(10-4-12)19-18-11-17(20-21-18)15-7-5-14(6-8-15)13(2)22/h3-11H,1-2H3,(H2,19,20,21). The first-order chi connectivity index (χ1) is 10.6. The molecule has 1 heterocycles. The average molecular weight is 291 g/mol. The minimum Gasteiger partial charge on any atom is -0.339 e. The number of benzene rings is 2. The fourth-order valence-corrected chi connectivity index (χ4v) is 2.20. The van der Waals surface area contributed by atoms with Gasteiger partial charge >= 0.3 is 0 Å². The van der Waals surface area contributed by atoms with Crippen LogP contribution >= 0.6 is 0 Å². The summed E-state index contributed by atoms with van der Waals surface area (Å²) in [6.07, 6.45) is 0. The summed E-state index contributed by atoms with van der Waals surface area (Å²) in [6.45, 7) is 3.62. The third-order valence-electron chi connectivity index (χ3n) is 3.50. The zero-order chi connectivity index (χ0) is 15.5. The van der Waals surface area contributed by atoms with Crippen LogP contribution < -0.4 is 5.32 Å². The highest BCUT2D eigenvalue weighted by molar-refractivity contribution is 5.94. The molecule has 110 valence electrons. The molecule has 0 spiro atoms. The molecular weight excluding hydrogens is 274 g/mol. The number of anilines is 2. The minimum absolute atomic E-state index is 0.0675. The van der Waals surface area contributed by atoms with Crippen molar-refractivity contribution in [3.8, 4) is 11.3 Å². The third kappa shape index (κ3) is 3.06. The molecule has 0 atom stereocenters. The van der Waals surface area contributed by atoms with Gasteiger partial charge < -0.3 is 5.32 Å². The van der Waals surface area contributed by atoms with Crippen LogP contribution in [0.25, 0.3) is 11.3 Å². The Morgan fingerprint density at radius 3 is 2.36 bits per heavy atom. The number of rotatable bonds is 4. The SMILES string of the molecule is CC(=O)c1ccc(-c2cc(Nc3ccc(C)cc3)n[nH]2)cc1. The first kappa shape index (κ1) is 14.1. The number of nitrogens with zero attached hydrogens (tertiary/aromatic N) is 1. The molecule has 0 saturated carbocycles. The maximum absolute atomic E-state index is 11.3. The molecule has 0 aliphatic rings. The number of nitrogens with one attached hydrogen (secondary N) is 2. The maximum Gasteiger partial charge on any atom is 0.159 e. The first-order valence-corrected chi connectivity index (χ1v) is 7.12. The monoisotopic (exact) mass is 291 g/mol. The number of ketones is 1. The van der Waals surface area contributed by atoms with Crippen molar-refractivity contribution in [3.63, 3.8) is 0 Å². The third-order valence-corrected chi connectivity index (χ3v) is 3.50. The highest BCUT2D eigenvalue weighted by atomic mass is 16.1. The van der Waals surface area contributed by atoms with Gasteiger partial charge in [-0.1, -0.05) is 42.0 Å². The lowest BCUT2D eigenvalue weighted by Gasteiger charge is -2.02. The molecule has 0 unspecified atom stereocenters. The number of aromatic nitrogens is 2. The molecule has 22 heavy (non-hydrogen) atoms. The van der Waals surface area contributed by atoms with Crippen LogP contribution in [-0.2, 0) is 0 Å². The molecular formula is C18H17N3O. The van der Waals surface area contributed by atoms with E-state index in [9.17, 15) is 4.79 Å². The lowest BCUT2D eigenvalue weighted by Crippen LogP contribution is -1.90. The summed E-state index contributed by atoms with van der Waals surface area (Å²) < 4.78 is 0. The van der Waals surface area contributed by atoms with Crippen molar-refractivity contribution < 1.29 is 4.79 Å². The van der Waals surface area contributed by atoms with Gasteiger partial charge in [0.25, 0.3) is 0 Å². The molecule has 4 heteroatoms. The van der Waals surface area contributed by atoms with E-state index in [1.807, 2.05) is 42.5 Å². The van der Waals surface area contributed by atoms with Crippen LogP contribution in [0.1, 0.15) is 22.8 Å². The number of aromatic amines is 1. The van der Waals surface area contributed by atoms with E-state index in [2.05, 4.69) is 34.6 Å². The lowest BCUT2D eigenvalue weighted by molar-refractivity contribution is 0.101. The molecule has 2 N–H and O–H groups in total. The second kappa shape index (κ2) is 5.85. The molecule has 2 aromatic carbocycles. The lowest BCUT2D eigenvalue weighted by atomic mass is 10.1. The molecule has 1 aromatic heterocycles. The fourth-order valence-electron chi connectivity index (χ4n) is 2.20. The van der Waals surface area contributed by atoms with Gasteiger partial charge in [0.05, 0.1) is 5.69 Å². The number of hydrogen-bond donors (Lipinski definition) is 2. The molecule has 0 amide bonds. The highest BCUT2D eigenvalue weighted by Crippen LogP contribution is 2.22. The zero-order valence-corrected chi connectivity index (χ0v) is 12.6. The maximum atomic E-state index is 11.3. The van der Waals surface area contributed by atoms with Crippen LogP contribution in [0.4, 0.5) is 11.5 Å². The van der Waals surface area contributed by atoms with Crippen molar-refractivity contribution in [2.75, 3.05) is 5.32 Å². The molecule has 0 aliphatic carbocycles. The minimum atomic E-state index is 0.0675. The smallest absolute Gasteiger partial charge is 0.159 e. The van der Waals surface area contributed by atoms with Crippen molar-refractivity contribution in [2.45, 2.75) is 13.8 Å². The van der Waals surface area contributed by atoms with E-state index in [0.29, 0.717) is 5.56 Å². The van der Waals surface area contributed by atoms with Crippen molar-refractivity contribution in [1.29, 1.82) is 0 Å². The quantitative estimate of drug-likeness (QED) is 0.703. The van der Waals surface area contributed by atoms with E-state index < -0.39 is 0 Å². The summed E-state index contributed by atoms with van der Waals surface area (Å²) in [7, 11) is 0. The Kier molecular flexibility index (Phi) is 3.74. The fraction of sp³-hybridized carbons (Fsp3) is 0.111. The van der Waals surface area contributed by atoms with E-state index in [-0.39, 0.29) is 5.78 Å². The number of carbonyl (C=O) groups excluding carboxylic acids is 1. The molecule has 0 aliphatic heterocycles. The molecule has 3 aromatic rings. The molecule has 0 saturated heterocycles. The number of carbonyl (C=O) groups is 1. The normalized spacial score (nSPS) is 10.5. The van der Waals surface area contributed by atoms with Crippen molar-refractivity contribution in [1.82, 2.24) is 10.2 Å². The van der Waals surface area contributed by atoms with E-state index in [1.54, 1.807) is 6.92 Å². The van der Waals surface area contributed by atoms with Crippen LogP contribution in [0.15, 0.2) is 54.6 Å². The number of Topliss-reactive ketones (excluding diaryl/α,β-unsaturated/α-hetero) is 1. The highest BCUT2D eigenvalue weighted by Gasteiger charge is 2.05. The van der Waals surface area contributed by atoms with E-state index in [0.717, 1.165) is 22.8 Å². The van der Waals surface area contributed by atoms with Gasteiger partial charge in [-0.05, 0) is 31.5 Å². The van der Waals surface area contributed by atoms with Gasteiger partial charge in [0, 0.05) is 17.3 Å². The van der Waals surface area contributed by atoms with E-state index >= 15 is 0 Å². The Labute approximate surface area is 129 Å². The zero-order valence-electron chi connectivity index (χ0n) is 12.6. The van der Waals surface area contributed by atoms with Crippen molar-refractivity contribution >= 4 is 17.3 Å². The van der Waals surface area contributed by atoms with Crippen LogP contribution in [0.2, 0.25) is 0 Å². The van der Waals surface area contributed by atoms with Crippen molar-refractivity contribution in [2.24, 2.45) is 0 Å². The largest absolute Gasteiger partial charge is 0.339 e. The Bertz CT molecular complexity index is 786. The summed E-state index contributed by atoms with van der Waals surface area (Å²) in [6, 6.07) is 17.6. The van der Waals surface area contributed by atoms with Gasteiger partial charge in [-0.3, -0.25) is 9.89 Å². The molecule has 0 radical (unpaired) electrons. The summed E-state index contributed by atoms with van der Waals surface area (Å²) in [5.74, 6) is 0.826. The number of aryl methyl sites for hydroxylation is 1. The van der Waals surface area contributed by atoms with Gasteiger partial charge in [0.2, 0.25) is 0 Å². The molecule has 0 bridgehead atoms. The van der Waals surface area contributed by atoms with Gasteiger partial charge in [-0.25, -0.2) is 0 Å². The van der Waals surface area contributed by atoms with E-state index in [1.165, 1.54) is 5.56 Å². The van der Waals surface area contributed by atoms with E-state index in [4.69, 9.17) is 0 Å². The van der Waals surface area contributed by atoms with Crippen LogP contribution in [0.3, 0.4) is 0 Å². The number of hydrogen-bond acceptors (Lipinski definition) is 3. The summed E-state index contributed by atoms with van der Waals surface area (Å²) in [5, 5.41) is 10.5. The Hall–Kier alpha value is -2.88. The van der Waals surface area contributed by atoms with Crippen LogP contribution in [0, 0.1) is 6.92 Å². The Morgan fingerprint density at radius 1 is 1.05 bits per heavy atom. The molecule has 3 rings (SSSR count). The number of H-pyrrole nitrogens is 1. The Morgan fingerprint density at radius 2 is 1.73 bits per heavy atom. The first-order valence-electron chi connectivity index (χ1n) is 7.12.